The highest BCUT2D eigenvalue weighted by Gasteiger charge is 2.36. The molecule has 1 unspecified atom stereocenters. The number of amides is 1. The SMILES string of the molecule is CC(C)c1ccsc1C(=O)N1CCC(C)(CN)C1.Cl. The van der Waals surface area contributed by atoms with Crippen molar-refractivity contribution < 1.29 is 4.79 Å². The lowest BCUT2D eigenvalue weighted by Gasteiger charge is -2.22. The first-order valence-electron chi connectivity index (χ1n) is 6.53. The van der Waals surface area contributed by atoms with Crippen molar-refractivity contribution in [2.75, 3.05) is 19.6 Å². The van der Waals surface area contributed by atoms with E-state index >= 15 is 0 Å². The quantitative estimate of drug-likeness (QED) is 0.932. The number of carbonyl (C=O) groups is 1. The van der Waals surface area contributed by atoms with Gasteiger partial charge in [0.1, 0.15) is 0 Å². The van der Waals surface area contributed by atoms with Crippen molar-refractivity contribution in [2.45, 2.75) is 33.1 Å². The van der Waals surface area contributed by atoms with Gasteiger partial charge in [-0.2, -0.15) is 0 Å². The number of nitrogens with zero attached hydrogens (tertiary/aromatic N) is 1. The number of carbonyl (C=O) groups excluding carboxylic acids is 1. The number of hydrogen-bond acceptors (Lipinski definition) is 3. The van der Waals surface area contributed by atoms with Crippen LogP contribution < -0.4 is 5.73 Å². The first-order valence-corrected chi connectivity index (χ1v) is 7.41. The van der Waals surface area contributed by atoms with E-state index in [2.05, 4.69) is 26.8 Å². The fourth-order valence-electron chi connectivity index (χ4n) is 2.45. The van der Waals surface area contributed by atoms with E-state index in [-0.39, 0.29) is 23.7 Å². The number of hydrogen-bond donors (Lipinski definition) is 1. The number of thiophene rings is 1. The third kappa shape index (κ3) is 3.30. The van der Waals surface area contributed by atoms with E-state index in [0.717, 1.165) is 24.4 Å². The zero-order valence-electron chi connectivity index (χ0n) is 11.8. The van der Waals surface area contributed by atoms with Gasteiger partial charge in [-0.3, -0.25) is 4.79 Å². The van der Waals surface area contributed by atoms with Gasteiger partial charge in [0.2, 0.25) is 0 Å². The van der Waals surface area contributed by atoms with Gasteiger partial charge in [-0.1, -0.05) is 20.8 Å². The maximum atomic E-state index is 12.5. The predicted octanol–water partition coefficient (Wildman–Crippen LogP) is 3.10. The molecule has 0 saturated carbocycles. The van der Waals surface area contributed by atoms with E-state index in [4.69, 9.17) is 5.73 Å². The number of nitrogens with two attached hydrogens (primary N) is 1. The summed E-state index contributed by atoms with van der Waals surface area (Å²) in [5.74, 6) is 0.588. The Bertz CT molecular complexity index is 446. The van der Waals surface area contributed by atoms with E-state index in [0.29, 0.717) is 12.5 Å². The van der Waals surface area contributed by atoms with Crippen LogP contribution in [-0.4, -0.2) is 30.4 Å². The van der Waals surface area contributed by atoms with Crippen molar-refractivity contribution in [1.82, 2.24) is 4.90 Å². The molecule has 1 aliphatic heterocycles. The van der Waals surface area contributed by atoms with Gasteiger partial charge in [0, 0.05) is 13.1 Å². The second-order valence-electron chi connectivity index (χ2n) is 5.85. The van der Waals surface area contributed by atoms with Gasteiger partial charge in [-0.15, -0.1) is 23.7 Å². The molecular weight excluding hydrogens is 280 g/mol. The lowest BCUT2D eigenvalue weighted by molar-refractivity contribution is 0.0780. The smallest absolute Gasteiger partial charge is 0.264 e. The Morgan fingerprint density at radius 3 is 2.79 bits per heavy atom. The molecule has 1 atom stereocenters. The molecule has 2 N–H and O–H groups in total. The summed E-state index contributed by atoms with van der Waals surface area (Å²) in [6, 6.07) is 2.07. The second kappa shape index (κ2) is 6.25. The molecule has 3 nitrogen and oxygen atoms in total. The van der Waals surface area contributed by atoms with E-state index in [1.54, 1.807) is 11.3 Å². The van der Waals surface area contributed by atoms with E-state index in [9.17, 15) is 4.79 Å². The van der Waals surface area contributed by atoms with Crippen LogP contribution in [0.3, 0.4) is 0 Å². The van der Waals surface area contributed by atoms with Gasteiger partial charge in [0.25, 0.3) is 5.91 Å². The molecule has 108 valence electrons. The van der Waals surface area contributed by atoms with Crippen LogP contribution in [0.2, 0.25) is 0 Å². The summed E-state index contributed by atoms with van der Waals surface area (Å²) in [6.07, 6.45) is 1.01. The molecule has 0 spiro atoms. The molecule has 1 fully saturated rings. The van der Waals surface area contributed by atoms with Gasteiger partial charge in [0.15, 0.2) is 0 Å². The van der Waals surface area contributed by atoms with Gasteiger partial charge >= 0.3 is 0 Å². The maximum absolute atomic E-state index is 12.5. The van der Waals surface area contributed by atoms with Gasteiger partial charge in [-0.05, 0) is 41.3 Å². The number of likely N-dealkylation sites (tertiary alicyclic amines) is 1. The number of halogens is 1. The highest BCUT2D eigenvalue weighted by molar-refractivity contribution is 7.12. The van der Waals surface area contributed by atoms with Gasteiger partial charge < -0.3 is 10.6 Å². The third-order valence-electron chi connectivity index (χ3n) is 3.85. The summed E-state index contributed by atoms with van der Waals surface area (Å²) >= 11 is 1.56. The lowest BCUT2D eigenvalue weighted by atomic mass is 9.90. The fourth-order valence-corrected chi connectivity index (χ4v) is 3.48. The summed E-state index contributed by atoms with van der Waals surface area (Å²) in [4.78, 5) is 15.4. The van der Waals surface area contributed by atoms with E-state index in [1.165, 1.54) is 5.56 Å². The maximum Gasteiger partial charge on any atom is 0.264 e. The Hall–Kier alpha value is -0.580. The molecule has 1 aliphatic rings. The summed E-state index contributed by atoms with van der Waals surface area (Å²) in [5, 5.41) is 2.01. The molecule has 19 heavy (non-hydrogen) atoms. The van der Waals surface area contributed by atoms with Crippen LogP contribution in [0.15, 0.2) is 11.4 Å². The van der Waals surface area contributed by atoms with Crippen LogP contribution >= 0.6 is 23.7 Å². The van der Waals surface area contributed by atoms with Crippen LogP contribution in [-0.2, 0) is 0 Å². The average molecular weight is 303 g/mol. The van der Waals surface area contributed by atoms with Crippen molar-refractivity contribution in [3.63, 3.8) is 0 Å². The molecule has 0 aromatic carbocycles. The van der Waals surface area contributed by atoms with Crippen LogP contribution in [0.5, 0.6) is 0 Å². The molecule has 0 aliphatic carbocycles. The standard InChI is InChI=1S/C14H22N2OS.ClH/c1-10(2)11-4-7-18-12(11)13(17)16-6-5-14(3,8-15)9-16;/h4,7,10H,5-6,8-9,15H2,1-3H3;1H. The van der Waals surface area contributed by atoms with Crippen molar-refractivity contribution in [3.05, 3.63) is 21.9 Å². The van der Waals surface area contributed by atoms with Crippen molar-refractivity contribution in [1.29, 1.82) is 0 Å². The molecule has 1 aromatic heterocycles. The van der Waals surface area contributed by atoms with Crippen molar-refractivity contribution >= 4 is 29.7 Å². The summed E-state index contributed by atoms with van der Waals surface area (Å²) in [7, 11) is 0. The molecule has 1 saturated heterocycles. The topological polar surface area (TPSA) is 46.3 Å². The Balaban J connectivity index is 0.00000180. The lowest BCUT2D eigenvalue weighted by Crippen LogP contribution is -2.34. The third-order valence-corrected chi connectivity index (χ3v) is 4.77. The highest BCUT2D eigenvalue weighted by Crippen LogP contribution is 2.32. The Morgan fingerprint density at radius 2 is 2.26 bits per heavy atom. The van der Waals surface area contributed by atoms with Crippen LogP contribution in [0.25, 0.3) is 0 Å². The van der Waals surface area contributed by atoms with E-state index < -0.39 is 0 Å². The molecule has 5 heteroatoms. The minimum Gasteiger partial charge on any atom is -0.337 e. The number of rotatable bonds is 3. The summed E-state index contributed by atoms with van der Waals surface area (Å²) < 4.78 is 0. The molecule has 1 amide bonds. The summed E-state index contributed by atoms with van der Waals surface area (Å²) in [5.41, 5.74) is 7.07. The first kappa shape index (κ1) is 16.5. The fraction of sp³-hybridized carbons (Fsp3) is 0.643. The molecule has 0 bridgehead atoms. The van der Waals surface area contributed by atoms with Gasteiger partial charge in [0.05, 0.1) is 4.88 Å². The Kier molecular flexibility index (Phi) is 5.42. The highest BCUT2D eigenvalue weighted by atomic mass is 35.5. The molecule has 1 aromatic rings. The minimum atomic E-state index is 0. The molecule has 2 heterocycles. The van der Waals surface area contributed by atoms with E-state index in [1.807, 2.05) is 10.3 Å². The molecule has 2 rings (SSSR count). The average Bonchev–Trinajstić information content (AvgIpc) is 2.95. The normalized spacial score (nSPS) is 22.7. The predicted molar refractivity (Wildman–Crippen MR) is 83.3 cm³/mol. The first-order chi connectivity index (χ1) is 8.47. The van der Waals surface area contributed by atoms with Crippen LogP contribution in [0, 0.1) is 5.41 Å². The summed E-state index contributed by atoms with van der Waals surface area (Å²) in [6.45, 7) is 8.70. The Morgan fingerprint density at radius 1 is 1.58 bits per heavy atom. The zero-order chi connectivity index (χ0) is 13.3. The molecular formula is C14H23ClN2OS. The van der Waals surface area contributed by atoms with Crippen LogP contribution in [0.4, 0.5) is 0 Å². The monoisotopic (exact) mass is 302 g/mol. The van der Waals surface area contributed by atoms with Gasteiger partial charge in [-0.25, -0.2) is 0 Å². The van der Waals surface area contributed by atoms with Crippen molar-refractivity contribution in [3.8, 4) is 0 Å². The largest absolute Gasteiger partial charge is 0.337 e. The van der Waals surface area contributed by atoms with Crippen LogP contribution in [0.1, 0.15) is 48.3 Å². The molecule has 0 radical (unpaired) electrons. The second-order valence-corrected chi connectivity index (χ2v) is 6.77. The van der Waals surface area contributed by atoms with Crippen molar-refractivity contribution in [2.24, 2.45) is 11.1 Å². The zero-order valence-corrected chi connectivity index (χ0v) is 13.4. The Labute approximate surface area is 125 Å². The minimum absolute atomic E-state index is 0.